The molecule has 1 saturated carbocycles. The Hall–Kier alpha value is -1.21. The smallest absolute Gasteiger partial charge is 0.321 e. The van der Waals surface area contributed by atoms with Gasteiger partial charge in [0.15, 0.2) is 0 Å². The van der Waals surface area contributed by atoms with Crippen molar-refractivity contribution in [2.45, 2.75) is 57.1 Å². The number of aryl methyl sites for hydroxylation is 1. The molecule has 0 bridgehead atoms. The van der Waals surface area contributed by atoms with Crippen molar-refractivity contribution in [3.8, 4) is 0 Å². The van der Waals surface area contributed by atoms with Crippen LogP contribution in [0.2, 0.25) is 0 Å². The molecule has 0 radical (unpaired) electrons. The van der Waals surface area contributed by atoms with Crippen LogP contribution in [0.4, 0.5) is 9.93 Å². The monoisotopic (exact) mass is 296 g/mol. The van der Waals surface area contributed by atoms with E-state index in [2.05, 4.69) is 20.8 Å². The molecular formula is C13H20N4O2S. The fraction of sp³-hybridized carbons (Fsp3) is 0.769. The lowest BCUT2D eigenvalue weighted by Gasteiger charge is -2.32. The summed E-state index contributed by atoms with van der Waals surface area (Å²) >= 11 is 1.37. The molecule has 2 N–H and O–H groups in total. The number of anilines is 1. The zero-order valence-electron chi connectivity index (χ0n) is 11.6. The second-order valence-corrected chi connectivity index (χ2v) is 6.86. The first kappa shape index (κ1) is 13.8. The largest absolute Gasteiger partial charge is 0.373 e. The van der Waals surface area contributed by atoms with E-state index in [9.17, 15) is 4.79 Å². The molecule has 110 valence electrons. The molecule has 1 saturated heterocycles. The summed E-state index contributed by atoms with van der Waals surface area (Å²) in [4.78, 5) is 11.9. The molecule has 1 unspecified atom stereocenters. The Labute approximate surface area is 122 Å². The average Bonchev–Trinajstić information content (AvgIpc) is 2.98. The Morgan fingerprint density at radius 3 is 2.85 bits per heavy atom. The number of hydrogen-bond donors (Lipinski definition) is 2. The van der Waals surface area contributed by atoms with Crippen molar-refractivity contribution in [3.63, 3.8) is 0 Å². The predicted molar refractivity (Wildman–Crippen MR) is 77.0 cm³/mol. The summed E-state index contributed by atoms with van der Waals surface area (Å²) in [5, 5.41) is 14.8. The Kier molecular flexibility index (Phi) is 3.89. The van der Waals surface area contributed by atoms with E-state index >= 15 is 0 Å². The van der Waals surface area contributed by atoms with Gasteiger partial charge in [-0.25, -0.2) is 4.79 Å². The normalized spacial score (nSPS) is 24.8. The van der Waals surface area contributed by atoms with E-state index in [1.165, 1.54) is 30.6 Å². The molecule has 0 aromatic carbocycles. The Morgan fingerprint density at radius 2 is 2.15 bits per heavy atom. The molecule has 1 aromatic heterocycles. The van der Waals surface area contributed by atoms with Gasteiger partial charge in [0.1, 0.15) is 5.01 Å². The van der Waals surface area contributed by atoms with Gasteiger partial charge in [-0.1, -0.05) is 30.6 Å². The third-order valence-electron chi connectivity index (χ3n) is 4.06. The number of ether oxygens (including phenoxy) is 1. The van der Waals surface area contributed by atoms with Gasteiger partial charge in [0.2, 0.25) is 5.13 Å². The summed E-state index contributed by atoms with van der Waals surface area (Å²) < 4.78 is 5.98. The number of nitrogens with zero attached hydrogens (tertiary/aromatic N) is 2. The SMILES string of the molecule is Cc1nnc(NC(=O)NC2COC3(CCCCC3)C2)s1. The van der Waals surface area contributed by atoms with E-state index in [1.807, 2.05) is 6.92 Å². The van der Waals surface area contributed by atoms with E-state index < -0.39 is 0 Å². The minimum absolute atomic E-state index is 0.0233. The summed E-state index contributed by atoms with van der Waals surface area (Å²) in [6.45, 7) is 2.47. The van der Waals surface area contributed by atoms with Crippen LogP contribution in [0.1, 0.15) is 43.5 Å². The first-order valence-electron chi connectivity index (χ1n) is 7.17. The van der Waals surface area contributed by atoms with Crippen LogP contribution in [0.5, 0.6) is 0 Å². The Balaban J connectivity index is 1.50. The zero-order valence-corrected chi connectivity index (χ0v) is 12.5. The third-order valence-corrected chi connectivity index (χ3v) is 4.81. The topological polar surface area (TPSA) is 76.1 Å². The van der Waals surface area contributed by atoms with Gasteiger partial charge in [-0.3, -0.25) is 5.32 Å². The molecule has 2 heterocycles. The maximum absolute atomic E-state index is 11.9. The van der Waals surface area contributed by atoms with Crippen molar-refractivity contribution in [3.05, 3.63) is 5.01 Å². The molecule has 2 amide bonds. The van der Waals surface area contributed by atoms with Crippen LogP contribution in [0.15, 0.2) is 0 Å². The van der Waals surface area contributed by atoms with Crippen LogP contribution in [0.25, 0.3) is 0 Å². The number of carbonyl (C=O) groups excluding carboxylic acids is 1. The van der Waals surface area contributed by atoms with Gasteiger partial charge >= 0.3 is 6.03 Å². The van der Waals surface area contributed by atoms with Crippen molar-refractivity contribution in [1.29, 1.82) is 0 Å². The average molecular weight is 296 g/mol. The molecule has 2 fully saturated rings. The van der Waals surface area contributed by atoms with Gasteiger partial charge in [0.05, 0.1) is 18.2 Å². The Bertz CT molecular complexity index is 484. The molecule has 3 rings (SSSR count). The van der Waals surface area contributed by atoms with Crippen molar-refractivity contribution < 1.29 is 9.53 Å². The molecule has 1 aliphatic heterocycles. The fourth-order valence-electron chi connectivity index (χ4n) is 3.15. The fourth-order valence-corrected chi connectivity index (χ4v) is 3.73. The quantitative estimate of drug-likeness (QED) is 0.879. The third kappa shape index (κ3) is 3.09. The number of rotatable bonds is 2. The van der Waals surface area contributed by atoms with E-state index in [-0.39, 0.29) is 17.7 Å². The maximum atomic E-state index is 11.9. The molecule has 20 heavy (non-hydrogen) atoms. The number of nitrogens with one attached hydrogen (secondary N) is 2. The van der Waals surface area contributed by atoms with Gasteiger partial charge in [0, 0.05) is 0 Å². The van der Waals surface area contributed by atoms with E-state index in [0.717, 1.165) is 24.3 Å². The van der Waals surface area contributed by atoms with Gasteiger partial charge in [-0.05, 0) is 26.2 Å². The standard InChI is InChI=1S/C13H20N4O2S/c1-9-16-17-12(20-9)15-11(18)14-10-7-13(19-8-10)5-3-2-4-6-13/h10H,2-8H2,1H3,(H2,14,15,17,18). The summed E-state index contributed by atoms with van der Waals surface area (Å²) in [6, 6.07) is -0.121. The van der Waals surface area contributed by atoms with Gasteiger partial charge in [-0.2, -0.15) is 0 Å². The first-order valence-corrected chi connectivity index (χ1v) is 7.98. The minimum atomic E-state index is -0.220. The van der Waals surface area contributed by atoms with Crippen molar-refractivity contribution >= 4 is 22.5 Å². The summed E-state index contributed by atoms with van der Waals surface area (Å²) in [5.41, 5.74) is 0.0233. The van der Waals surface area contributed by atoms with Gasteiger partial charge < -0.3 is 10.1 Å². The molecule has 1 atom stereocenters. The van der Waals surface area contributed by atoms with Crippen LogP contribution in [-0.2, 0) is 4.74 Å². The number of aromatic nitrogens is 2. The zero-order chi connectivity index (χ0) is 14.0. The van der Waals surface area contributed by atoms with Crippen LogP contribution in [0.3, 0.4) is 0 Å². The molecule has 7 heteroatoms. The van der Waals surface area contributed by atoms with Crippen molar-refractivity contribution in [2.24, 2.45) is 0 Å². The molecule has 6 nitrogen and oxygen atoms in total. The van der Waals surface area contributed by atoms with Crippen molar-refractivity contribution in [1.82, 2.24) is 15.5 Å². The number of amides is 2. The second-order valence-electron chi connectivity index (χ2n) is 5.68. The van der Waals surface area contributed by atoms with E-state index in [4.69, 9.17) is 4.74 Å². The van der Waals surface area contributed by atoms with Crippen LogP contribution >= 0.6 is 11.3 Å². The van der Waals surface area contributed by atoms with Crippen molar-refractivity contribution in [2.75, 3.05) is 11.9 Å². The predicted octanol–water partition coefficient (Wildman–Crippen LogP) is 2.46. The lowest BCUT2D eigenvalue weighted by atomic mass is 9.82. The summed E-state index contributed by atoms with van der Waals surface area (Å²) in [5.74, 6) is 0. The summed E-state index contributed by atoms with van der Waals surface area (Å²) in [7, 11) is 0. The second kappa shape index (κ2) is 5.65. The number of carbonyl (C=O) groups is 1. The Morgan fingerprint density at radius 1 is 1.35 bits per heavy atom. The van der Waals surface area contributed by atoms with Crippen LogP contribution < -0.4 is 10.6 Å². The molecule has 1 aliphatic carbocycles. The molecule has 1 aromatic rings. The maximum Gasteiger partial charge on any atom is 0.321 e. The highest BCUT2D eigenvalue weighted by Gasteiger charge is 2.41. The highest BCUT2D eigenvalue weighted by Crippen LogP contribution is 2.39. The molecule has 2 aliphatic rings. The minimum Gasteiger partial charge on any atom is -0.373 e. The number of hydrogen-bond acceptors (Lipinski definition) is 5. The van der Waals surface area contributed by atoms with Crippen LogP contribution in [0, 0.1) is 6.92 Å². The highest BCUT2D eigenvalue weighted by atomic mass is 32.1. The first-order chi connectivity index (χ1) is 9.65. The van der Waals surface area contributed by atoms with Gasteiger partial charge in [-0.15, -0.1) is 10.2 Å². The van der Waals surface area contributed by atoms with E-state index in [1.54, 1.807) is 0 Å². The number of urea groups is 1. The van der Waals surface area contributed by atoms with E-state index in [0.29, 0.717) is 11.7 Å². The van der Waals surface area contributed by atoms with Gasteiger partial charge in [0.25, 0.3) is 0 Å². The lowest BCUT2D eigenvalue weighted by molar-refractivity contribution is -0.0245. The van der Waals surface area contributed by atoms with Crippen LogP contribution in [-0.4, -0.2) is 34.5 Å². The molecular weight excluding hydrogens is 276 g/mol. The lowest BCUT2D eigenvalue weighted by Crippen LogP contribution is -2.39. The molecule has 1 spiro atoms. The highest BCUT2D eigenvalue weighted by molar-refractivity contribution is 7.15. The summed E-state index contributed by atoms with van der Waals surface area (Å²) in [6.07, 6.45) is 6.96.